The number of nitrogens with one attached hydrogen (secondary N) is 2. The minimum Gasteiger partial charge on any atom is -0.364 e. The smallest absolute Gasteiger partial charge is 0.221 e. The zero-order valence-electron chi connectivity index (χ0n) is 12.1. The number of amides is 1. The summed E-state index contributed by atoms with van der Waals surface area (Å²) in [5.74, 6) is 1.37. The normalized spacial score (nSPS) is 25.1. The Morgan fingerprint density at radius 2 is 2.10 bits per heavy atom. The Morgan fingerprint density at radius 3 is 2.75 bits per heavy atom. The molecule has 0 atom stereocenters. The van der Waals surface area contributed by atoms with Crippen molar-refractivity contribution >= 4 is 22.8 Å². The van der Waals surface area contributed by atoms with Crippen molar-refractivity contribution in [1.82, 2.24) is 10.6 Å². The molecule has 2 aliphatic carbocycles. The molecule has 1 aliphatic heterocycles. The van der Waals surface area contributed by atoms with Crippen molar-refractivity contribution in [2.24, 2.45) is 10.4 Å². The topological polar surface area (TPSA) is 53.5 Å². The molecule has 1 amide bonds. The van der Waals surface area contributed by atoms with Crippen LogP contribution in [0.2, 0.25) is 0 Å². The number of carbonyl (C=O) groups excluding carboxylic acids is 1. The molecule has 4 nitrogen and oxygen atoms in total. The van der Waals surface area contributed by atoms with Crippen LogP contribution in [0.1, 0.15) is 51.4 Å². The van der Waals surface area contributed by atoms with Crippen LogP contribution in [0, 0.1) is 5.41 Å². The summed E-state index contributed by atoms with van der Waals surface area (Å²) in [7, 11) is 0. The SMILES string of the molecule is O=C(CCNC1=NCC2(CCCCC2)CS1)NC1CC1. The second-order valence-electron chi connectivity index (χ2n) is 6.49. The third kappa shape index (κ3) is 3.90. The van der Waals surface area contributed by atoms with Gasteiger partial charge in [0.25, 0.3) is 0 Å². The van der Waals surface area contributed by atoms with E-state index >= 15 is 0 Å². The quantitative estimate of drug-likeness (QED) is 0.837. The summed E-state index contributed by atoms with van der Waals surface area (Å²) < 4.78 is 0. The monoisotopic (exact) mass is 295 g/mol. The molecule has 112 valence electrons. The minimum atomic E-state index is 0.171. The van der Waals surface area contributed by atoms with Gasteiger partial charge in [-0.3, -0.25) is 9.79 Å². The lowest BCUT2D eigenvalue weighted by Crippen LogP contribution is -2.38. The average Bonchev–Trinajstić information content (AvgIpc) is 3.26. The fraction of sp³-hybridized carbons (Fsp3) is 0.867. The fourth-order valence-electron chi connectivity index (χ4n) is 3.07. The predicted molar refractivity (Wildman–Crippen MR) is 84.1 cm³/mol. The maximum atomic E-state index is 11.6. The molecule has 0 bridgehead atoms. The number of thioether (sulfide) groups is 1. The molecule has 2 N–H and O–H groups in total. The molecule has 1 spiro atoms. The molecule has 0 aromatic rings. The fourth-order valence-corrected chi connectivity index (χ4v) is 4.26. The standard InChI is InChI=1S/C15H25N3OS/c19-13(18-12-4-5-12)6-9-16-14-17-10-15(11-20-14)7-2-1-3-8-15/h12H,1-11H2,(H,16,17)(H,18,19). The van der Waals surface area contributed by atoms with E-state index in [4.69, 9.17) is 4.99 Å². The molecule has 2 fully saturated rings. The van der Waals surface area contributed by atoms with Crippen LogP contribution in [0.5, 0.6) is 0 Å². The number of hydrogen-bond donors (Lipinski definition) is 2. The van der Waals surface area contributed by atoms with Gasteiger partial charge in [-0.05, 0) is 31.1 Å². The first kappa shape index (κ1) is 14.2. The molecule has 3 rings (SSSR count). The maximum absolute atomic E-state index is 11.6. The van der Waals surface area contributed by atoms with Crippen molar-refractivity contribution in [2.75, 3.05) is 18.8 Å². The van der Waals surface area contributed by atoms with Crippen LogP contribution in [0.15, 0.2) is 4.99 Å². The number of aliphatic imine (C=N–C) groups is 1. The summed E-state index contributed by atoms with van der Waals surface area (Å²) >= 11 is 1.85. The minimum absolute atomic E-state index is 0.171. The first-order valence-corrected chi connectivity index (χ1v) is 8.95. The van der Waals surface area contributed by atoms with Crippen molar-refractivity contribution in [1.29, 1.82) is 0 Å². The highest BCUT2D eigenvalue weighted by molar-refractivity contribution is 8.13. The second-order valence-corrected chi connectivity index (χ2v) is 7.45. The van der Waals surface area contributed by atoms with Crippen molar-refractivity contribution in [3.63, 3.8) is 0 Å². The summed E-state index contributed by atoms with van der Waals surface area (Å²) in [5, 5.41) is 7.37. The van der Waals surface area contributed by atoms with Crippen LogP contribution in [0.4, 0.5) is 0 Å². The van der Waals surface area contributed by atoms with Gasteiger partial charge in [-0.15, -0.1) is 0 Å². The largest absolute Gasteiger partial charge is 0.364 e. The molecular formula is C15H25N3OS. The van der Waals surface area contributed by atoms with E-state index in [2.05, 4.69) is 10.6 Å². The van der Waals surface area contributed by atoms with Crippen LogP contribution in [0.25, 0.3) is 0 Å². The summed E-state index contributed by atoms with van der Waals surface area (Å²) in [5.41, 5.74) is 0.484. The van der Waals surface area contributed by atoms with Gasteiger partial charge in [0.2, 0.25) is 5.91 Å². The zero-order valence-corrected chi connectivity index (χ0v) is 12.9. The molecule has 0 aromatic carbocycles. The van der Waals surface area contributed by atoms with Crippen molar-refractivity contribution < 1.29 is 4.79 Å². The van der Waals surface area contributed by atoms with Crippen LogP contribution in [-0.4, -0.2) is 36.0 Å². The Labute approximate surface area is 125 Å². The molecule has 0 aromatic heterocycles. The number of carbonyl (C=O) groups is 1. The average molecular weight is 295 g/mol. The Balaban J connectivity index is 1.37. The number of amidine groups is 1. The molecule has 0 unspecified atom stereocenters. The van der Waals surface area contributed by atoms with E-state index in [1.807, 2.05) is 11.8 Å². The van der Waals surface area contributed by atoms with E-state index in [1.54, 1.807) is 0 Å². The van der Waals surface area contributed by atoms with Crippen LogP contribution >= 0.6 is 11.8 Å². The summed E-state index contributed by atoms with van der Waals surface area (Å²) in [6.07, 6.45) is 9.72. The molecule has 2 saturated carbocycles. The Kier molecular flexibility index (Phi) is 4.54. The van der Waals surface area contributed by atoms with Gasteiger partial charge in [-0.2, -0.15) is 0 Å². The van der Waals surface area contributed by atoms with Crippen LogP contribution in [0.3, 0.4) is 0 Å². The van der Waals surface area contributed by atoms with Gasteiger partial charge < -0.3 is 10.6 Å². The molecule has 20 heavy (non-hydrogen) atoms. The van der Waals surface area contributed by atoms with E-state index in [-0.39, 0.29) is 5.91 Å². The van der Waals surface area contributed by atoms with Crippen molar-refractivity contribution in [2.45, 2.75) is 57.4 Å². The lowest BCUT2D eigenvalue weighted by Gasteiger charge is -2.38. The van der Waals surface area contributed by atoms with Gasteiger partial charge in [0, 0.05) is 31.3 Å². The van der Waals surface area contributed by atoms with E-state index in [1.165, 1.54) is 37.9 Å². The first-order chi connectivity index (χ1) is 9.76. The van der Waals surface area contributed by atoms with Gasteiger partial charge >= 0.3 is 0 Å². The predicted octanol–water partition coefficient (Wildman–Crippen LogP) is 2.30. The second kappa shape index (κ2) is 6.37. The molecular weight excluding hydrogens is 270 g/mol. The van der Waals surface area contributed by atoms with E-state index in [0.717, 1.165) is 24.6 Å². The van der Waals surface area contributed by atoms with Gasteiger partial charge in [0.05, 0.1) is 0 Å². The van der Waals surface area contributed by atoms with Crippen molar-refractivity contribution in [3.05, 3.63) is 0 Å². The van der Waals surface area contributed by atoms with Crippen molar-refractivity contribution in [3.8, 4) is 0 Å². The van der Waals surface area contributed by atoms with Crippen LogP contribution < -0.4 is 10.6 Å². The third-order valence-electron chi connectivity index (χ3n) is 4.56. The summed E-state index contributed by atoms with van der Waals surface area (Å²) in [4.78, 5) is 16.3. The van der Waals surface area contributed by atoms with E-state index in [9.17, 15) is 4.79 Å². The Hall–Kier alpha value is -0.710. The Bertz CT molecular complexity index is 387. The Morgan fingerprint density at radius 1 is 1.30 bits per heavy atom. The van der Waals surface area contributed by atoms with Gasteiger partial charge in [-0.1, -0.05) is 31.0 Å². The van der Waals surface area contributed by atoms with Gasteiger partial charge in [0.1, 0.15) is 0 Å². The van der Waals surface area contributed by atoms with Crippen LogP contribution in [-0.2, 0) is 4.79 Å². The highest BCUT2D eigenvalue weighted by Crippen LogP contribution is 2.41. The number of nitrogens with zero attached hydrogens (tertiary/aromatic N) is 1. The lowest BCUT2D eigenvalue weighted by molar-refractivity contribution is -0.121. The molecule has 5 heteroatoms. The lowest BCUT2D eigenvalue weighted by atomic mass is 9.75. The molecule has 0 saturated heterocycles. The third-order valence-corrected chi connectivity index (χ3v) is 5.86. The molecule has 3 aliphatic rings. The van der Waals surface area contributed by atoms with Gasteiger partial charge in [-0.25, -0.2) is 0 Å². The highest BCUT2D eigenvalue weighted by Gasteiger charge is 2.34. The zero-order chi connectivity index (χ0) is 13.8. The van der Waals surface area contributed by atoms with E-state index < -0.39 is 0 Å². The number of hydrogen-bond acceptors (Lipinski definition) is 4. The first-order valence-electron chi connectivity index (χ1n) is 7.96. The maximum Gasteiger partial charge on any atom is 0.221 e. The molecule has 1 heterocycles. The molecule has 0 radical (unpaired) electrons. The van der Waals surface area contributed by atoms with Gasteiger partial charge in [0.15, 0.2) is 5.17 Å². The summed E-state index contributed by atoms with van der Waals surface area (Å²) in [6, 6.07) is 0.468. The number of rotatable bonds is 4. The summed E-state index contributed by atoms with van der Waals surface area (Å²) in [6.45, 7) is 1.69. The van der Waals surface area contributed by atoms with E-state index in [0.29, 0.717) is 24.4 Å². The highest BCUT2D eigenvalue weighted by atomic mass is 32.2.